The molecule has 2 aromatic rings. The highest BCUT2D eigenvalue weighted by Crippen LogP contribution is 2.21. The van der Waals surface area contributed by atoms with Crippen LogP contribution in [0, 0.1) is 0 Å². The monoisotopic (exact) mass is 274 g/mol. The van der Waals surface area contributed by atoms with E-state index in [-0.39, 0.29) is 5.12 Å². The molecule has 0 aromatic heterocycles. The van der Waals surface area contributed by atoms with Crippen LogP contribution in [0.1, 0.15) is 5.56 Å². The number of hydrogen-bond acceptors (Lipinski definition) is 2. The number of carbonyl (C=O) groups excluding carboxylic acids is 1. The molecule has 3 heteroatoms. The van der Waals surface area contributed by atoms with E-state index in [4.69, 9.17) is 11.6 Å². The van der Waals surface area contributed by atoms with Crippen molar-refractivity contribution in [2.24, 2.45) is 0 Å². The molecule has 0 aliphatic heterocycles. The first-order valence-corrected chi connectivity index (χ1v) is 6.64. The van der Waals surface area contributed by atoms with E-state index in [0.29, 0.717) is 5.02 Å². The van der Waals surface area contributed by atoms with Gasteiger partial charge in [-0.25, -0.2) is 0 Å². The average Bonchev–Trinajstić information content (AvgIpc) is 2.40. The molecule has 0 bridgehead atoms. The van der Waals surface area contributed by atoms with Crippen LogP contribution in [0.3, 0.4) is 0 Å². The first-order chi connectivity index (χ1) is 8.74. The van der Waals surface area contributed by atoms with Crippen molar-refractivity contribution in [1.82, 2.24) is 0 Å². The van der Waals surface area contributed by atoms with Gasteiger partial charge >= 0.3 is 0 Å². The van der Waals surface area contributed by atoms with Crippen molar-refractivity contribution in [3.05, 3.63) is 71.3 Å². The normalized spacial score (nSPS) is 10.7. The number of thioether (sulfide) groups is 1. The van der Waals surface area contributed by atoms with E-state index in [0.717, 1.165) is 10.5 Å². The van der Waals surface area contributed by atoms with Crippen LogP contribution < -0.4 is 0 Å². The minimum Gasteiger partial charge on any atom is -0.282 e. The van der Waals surface area contributed by atoms with Crippen molar-refractivity contribution in [1.29, 1.82) is 0 Å². The van der Waals surface area contributed by atoms with E-state index in [2.05, 4.69) is 0 Å². The molecule has 18 heavy (non-hydrogen) atoms. The van der Waals surface area contributed by atoms with Crippen LogP contribution in [0.5, 0.6) is 0 Å². The molecule has 2 aromatic carbocycles. The van der Waals surface area contributed by atoms with Gasteiger partial charge in [-0.2, -0.15) is 0 Å². The van der Waals surface area contributed by atoms with E-state index < -0.39 is 0 Å². The number of halogens is 1. The minimum absolute atomic E-state index is 0.00109. The molecule has 0 N–H and O–H groups in total. The third kappa shape index (κ3) is 4.06. The van der Waals surface area contributed by atoms with Gasteiger partial charge in [-0.15, -0.1) is 0 Å². The molecule has 1 nitrogen and oxygen atoms in total. The van der Waals surface area contributed by atoms with Gasteiger partial charge in [0.15, 0.2) is 0 Å². The van der Waals surface area contributed by atoms with E-state index in [1.165, 1.54) is 11.8 Å². The molecule has 0 atom stereocenters. The van der Waals surface area contributed by atoms with Gasteiger partial charge in [0.1, 0.15) is 0 Å². The number of hydrogen-bond donors (Lipinski definition) is 0. The molecule has 0 heterocycles. The summed E-state index contributed by atoms with van der Waals surface area (Å²) in [5.74, 6) is 0. The van der Waals surface area contributed by atoms with E-state index in [1.807, 2.05) is 48.5 Å². The smallest absolute Gasteiger partial charge is 0.216 e. The van der Waals surface area contributed by atoms with Crippen LogP contribution in [0.15, 0.2) is 65.6 Å². The topological polar surface area (TPSA) is 17.1 Å². The third-order valence-electron chi connectivity index (χ3n) is 2.24. The molecule has 0 unspecified atom stereocenters. The summed E-state index contributed by atoms with van der Waals surface area (Å²) < 4.78 is 0. The lowest BCUT2D eigenvalue weighted by molar-refractivity contribution is -0.106. The Bertz CT molecular complexity index is 546. The molecule has 0 aliphatic rings. The zero-order valence-corrected chi connectivity index (χ0v) is 11.1. The number of rotatable bonds is 3. The van der Waals surface area contributed by atoms with Crippen LogP contribution >= 0.6 is 23.4 Å². The van der Waals surface area contributed by atoms with E-state index in [9.17, 15) is 4.79 Å². The van der Waals surface area contributed by atoms with Crippen LogP contribution in [-0.2, 0) is 4.79 Å². The maximum Gasteiger partial charge on any atom is 0.216 e. The van der Waals surface area contributed by atoms with Gasteiger partial charge in [0.2, 0.25) is 5.12 Å². The fourth-order valence-electron chi connectivity index (χ4n) is 1.38. The highest BCUT2D eigenvalue weighted by atomic mass is 35.5. The van der Waals surface area contributed by atoms with E-state index in [1.54, 1.807) is 18.2 Å². The third-order valence-corrected chi connectivity index (χ3v) is 3.34. The van der Waals surface area contributed by atoms with Crippen molar-refractivity contribution in [2.75, 3.05) is 0 Å². The lowest BCUT2D eigenvalue weighted by atomic mass is 10.2. The van der Waals surface area contributed by atoms with Crippen molar-refractivity contribution < 1.29 is 4.79 Å². The highest BCUT2D eigenvalue weighted by molar-refractivity contribution is 8.14. The Morgan fingerprint density at radius 3 is 2.33 bits per heavy atom. The predicted octanol–water partition coefficient (Wildman–Crippen LogP) is 4.67. The van der Waals surface area contributed by atoms with Gasteiger partial charge in [-0.1, -0.05) is 48.0 Å². The second kappa shape index (κ2) is 6.43. The zero-order chi connectivity index (χ0) is 12.8. The van der Waals surface area contributed by atoms with Crippen molar-refractivity contribution >= 4 is 34.6 Å². The Hall–Kier alpha value is -1.51. The molecule has 0 spiro atoms. The molecule has 0 amide bonds. The van der Waals surface area contributed by atoms with Gasteiger partial charge in [-0.05, 0) is 47.7 Å². The Morgan fingerprint density at radius 1 is 1.00 bits per heavy atom. The summed E-state index contributed by atoms with van der Waals surface area (Å²) in [6, 6.07) is 17.0. The summed E-state index contributed by atoms with van der Waals surface area (Å²) in [7, 11) is 0. The first kappa shape index (κ1) is 12.9. The summed E-state index contributed by atoms with van der Waals surface area (Å²) >= 11 is 6.97. The second-order valence-corrected chi connectivity index (χ2v) is 5.13. The average molecular weight is 275 g/mol. The fourth-order valence-corrected chi connectivity index (χ4v) is 2.15. The maximum absolute atomic E-state index is 11.7. The summed E-state index contributed by atoms with van der Waals surface area (Å²) in [6.45, 7) is 0. The van der Waals surface area contributed by atoms with Crippen molar-refractivity contribution in [2.45, 2.75) is 4.90 Å². The Kier molecular flexibility index (Phi) is 4.62. The zero-order valence-electron chi connectivity index (χ0n) is 9.55. The minimum atomic E-state index is 0.00109. The van der Waals surface area contributed by atoms with E-state index >= 15 is 0 Å². The molecular weight excluding hydrogens is 264 g/mol. The summed E-state index contributed by atoms with van der Waals surface area (Å²) in [4.78, 5) is 12.6. The standard InChI is InChI=1S/C15H11ClOS/c16-13-7-9-14(10-8-13)18-15(17)11-6-12-4-2-1-3-5-12/h1-11H. The number of carbonyl (C=O) groups is 1. The summed E-state index contributed by atoms with van der Waals surface area (Å²) in [5.41, 5.74) is 1.02. The van der Waals surface area contributed by atoms with Crippen LogP contribution in [0.4, 0.5) is 0 Å². The van der Waals surface area contributed by atoms with Gasteiger partial charge in [0.25, 0.3) is 0 Å². The summed E-state index contributed by atoms with van der Waals surface area (Å²) in [5, 5.41) is 0.674. The number of benzene rings is 2. The van der Waals surface area contributed by atoms with Gasteiger partial charge in [0.05, 0.1) is 0 Å². The van der Waals surface area contributed by atoms with Crippen molar-refractivity contribution in [3.8, 4) is 0 Å². The maximum atomic E-state index is 11.7. The fraction of sp³-hybridized carbons (Fsp3) is 0. The molecule has 2 rings (SSSR count). The molecule has 90 valence electrons. The molecule has 0 radical (unpaired) electrons. The summed E-state index contributed by atoms with van der Waals surface area (Å²) in [6.07, 6.45) is 3.39. The van der Waals surface area contributed by atoms with Crippen LogP contribution in [0.2, 0.25) is 5.02 Å². The highest BCUT2D eigenvalue weighted by Gasteiger charge is 2.00. The SMILES string of the molecule is O=C(C=Cc1ccccc1)Sc1ccc(Cl)cc1. The second-order valence-electron chi connectivity index (χ2n) is 3.62. The largest absolute Gasteiger partial charge is 0.282 e. The Balaban J connectivity index is 1.97. The van der Waals surface area contributed by atoms with Gasteiger partial charge < -0.3 is 0 Å². The first-order valence-electron chi connectivity index (χ1n) is 5.44. The molecule has 0 fully saturated rings. The molecule has 0 aliphatic carbocycles. The van der Waals surface area contributed by atoms with Crippen LogP contribution in [0.25, 0.3) is 6.08 Å². The lowest BCUT2D eigenvalue weighted by Crippen LogP contribution is -1.84. The quantitative estimate of drug-likeness (QED) is 0.597. The van der Waals surface area contributed by atoms with Crippen molar-refractivity contribution in [3.63, 3.8) is 0 Å². The van der Waals surface area contributed by atoms with Gasteiger partial charge in [-0.3, -0.25) is 4.79 Å². The Labute approximate surface area is 115 Å². The molecule has 0 saturated heterocycles. The lowest BCUT2D eigenvalue weighted by Gasteiger charge is -1.97. The molecule has 0 saturated carbocycles. The van der Waals surface area contributed by atoms with Crippen LogP contribution in [-0.4, -0.2) is 5.12 Å². The Morgan fingerprint density at radius 2 is 1.67 bits per heavy atom. The van der Waals surface area contributed by atoms with Gasteiger partial charge in [0, 0.05) is 9.92 Å². The predicted molar refractivity (Wildman–Crippen MR) is 77.8 cm³/mol. The molecular formula is C15H11ClOS.